The smallest absolute Gasteiger partial charge is 0.269 e. The molecule has 0 saturated heterocycles. The number of aromatic nitrogens is 4. The second-order valence-electron chi connectivity index (χ2n) is 5.36. The van der Waals surface area contributed by atoms with E-state index in [2.05, 4.69) is 20.6 Å². The van der Waals surface area contributed by atoms with Crippen LogP contribution in [0.1, 0.15) is 35.2 Å². The Hall–Kier alpha value is -2.15. The van der Waals surface area contributed by atoms with Crippen molar-refractivity contribution in [2.45, 2.75) is 33.2 Å². The van der Waals surface area contributed by atoms with Gasteiger partial charge in [0.25, 0.3) is 5.91 Å². The fourth-order valence-corrected chi connectivity index (χ4v) is 2.22. The van der Waals surface area contributed by atoms with Gasteiger partial charge in [0.2, 0.25) is 0 Å². The molecule has 1 atom stereocenters. The second-order valence-corrected chi connectivity index (χ2v) is 5.36. The van der Waals surface area contributed by atoms with E-state index in [9.17, 15) is 4.79 Å². The van der Waals surface area contributed by atoms with E-state index in [0.717, 1.165) is 29.1 Å². The third kappa shape index (κ3) is 3.30. The molecule has 2 heterocycles. The number of amides is 1. The molecule has 114 valence electrons. The maximum Gasteiger partial charge on any atom is 0.269 e. The zero-order chi connectivity index (χ0) is 15.6. The predicted octanol–water partition coefficient (Wildman–Crippen LogP) is 0.894. The fraction of sp³-hybridized carbons (Fsp3) is 0.500. The molecule has 21 heavy (non-hydrogen) atoms. The van der Waals surface area contributed by atoms with E-state index in [0.29, 0.717) is 12.2 Å². The number of H-pyrrole nitrogens is 1. The van der Waals surface area contributed by atoms with Crippen LogP contribution in [-0.4, -0.2) is 38.5 Å². The topological polar surface area (TPSA) is 102 Å². The van der Waals surface area contributed by atoms with Crippen LogP contribution in [0.5, 0.6) is 0 Å². The van der Waals surface area contributed by atoms with Gasteiger partial charge >= 0.3 is 0 Å². The summed E-state index contributed by atoms with van der Waals surface area (Å²) in [6.07, 6.45) is 0.744. The molecule has 0 saturated carbocycles. The number of nitrogens with zero attached hydrogens (tertiary/aromatic N) is 3. The van der Waals surface area contributed by atoms with E-state index in [1.165, 1.54) is 0 Å². The molecule has 2 aromatic heterocycles. The second kappa shape index (κ2) is 6.09. The van der Waals surface area contributed by atoms with Crippen LogP contribution in [0.2, 0.25) is 0 Å². The number of rotatable bonds is 5. The van der Waals surface area contributed by atoms with Gasteiger partial charge in [-0.25, -0.2) is 0 Å². The van der Waals surface area contributed by atoms with Crippen molar-refractivity contribution in [2.24, 2.45) is 12.8 Å². The predicted molar refractivity (Wildman–Crippen MR) is 80.9 cm³/mol. The molecule has 7 heteroatoms. The fourth-order valence-electron chi connectivity index (χ4n) is 2.22. The van der Waals surface area contributed by atoms with Gasteiger partial charge in [-0.1, -0.05) is 0 Å². The maximum atomic E-state index is 12.0. The van der Waals surface area contributed by atoms with Gasteiger partial charge in [-0.2, -0.15) is 10.2 Å². The van der Waals surface area contributed by atoms with E-state index in [-0.39, 0.29) is 11.9 Å². The molecule has 1 unspecified atom stereocenters. The lowest BCUT2D eigenvalue weighted by atomic mass is 10.1. The first kappa shape index (κ1) is 15.2. The summed E-state index contributed by atoms with van der Waals surface area (Å²) in [7, 11) is 1.89. The lowest BCUT2D eigenvalue weighted by molar-refractivity contribution is 0.0948. The van der Waals surface area contributed by atoms with E-state index >= 15 is 0 Å². The van der Waals surface area contributed by atoms with Gasteiger partial charge in [-0.15, -0.1) is 0 Å². The van der Waals surface area contributed by atoms with Crippen molar-refractivity contribution in [1.82, 2.24) is 25.3 Å². The number of aromatic amines is 1. The highest BCUT2D eigenvalue weighted by atomic mass is 16.1. The first-order valence-electron chi connectivity index (χ1n) is 7.00. The van der Waals surface area contributed by atoms with Gasteiger partial charge in [-0.3, -0.25) is 14.6 Å². The van der Waals surface area contributed by atoms with Gasteiger partial charge in [0.1, 0.15) is 5.69 Å². The molecular formula is C14H22N6O. The zero-order valence-corrected chi connectivity index (χ0v) is 12.9. The quantitative estimate of drug-likeness (QED) is 0.761. The maximum absolute atomic E-state index is 12.0. The Morgan fingerprint density at radius 2 is 2.24 bits per heavy atom. The first-order chi connectivity index (χ1) is 9.90. The Morgan fingerprint density at radius 3 is 2.81 bits per heavy atom. The van der Waals surface area contributed by atoms with Gasteiger partial charge in [0, 0.05) is 30.9 Å². The number of aryl methyl sites for hydroxylation is 2. The van der Waals surface area contributed by atoms with Crippen molar-refractivity contribution >= 4 is 5.91 Å². The zero-order valence-electron chi connectivity index (χ0n) is 12.9. The molecule has 4 N–H and O–H groups in total. The Balaban J connectivity index is 2.13. The summed E-state index contributed by atoms with van der Waals surface area (Å²) in [6.45, 7) is 6.37. The van der Waals surface area contributed by atoms with Crippen molar-refractivity contribution in [1.29, 1.82) is 0 Å². The van der Waals surface area contributed by atoms with Crippen LogP contribution in [0, 0.1) is 13.8 Å². The van der Waals surface area contributed by atoms with Crippen molar-refractivity contribution in [2.75, 3.05) is 6.54 Å². The lowest BCUT2D eigenvalue weighted by Crippen LogP contribution is -2.29. The van der Waals surface area contributed by atoms with Crippen molar-refractivity contribution in [3.05, 3.63) is 23.1 Å². The highest BCUT2D eigenvalue weighted by Crippen LogP contribution is 2.25. The molecular weight excluding hydrogens is 268 g/mol. The third-order valence-electron chi connectivity index (χ3n) is 3.47. The number of hydrogen-bond acceptors (Lipinski definition) is 4. The van der Waals surface area contributed by atoms with Crippen LogP contribution >= 0.6 is 0 Å². The van der Waals surface area contributed by atoms with Crippen molar-refractivity contribution < 1.29 is 4.79 Å². The van der Waals surface area contributed by atoms with Gasteiger partial charge < -0.3 is 11.1 Å². The van der Waals surface area contributed by atoms with E-state index in [1.54, 1.807) is 6.07 Å². The van der Waals surface area contributed by atoms with Crippen LogP contribution in [-0.2, 0) is 7.05 Å². The average Bonchev–Trinajstić information content (AvgIpc) is 2.95. The summed E-state index contributed by atoms with van der Waals surface area (Å²) in [5.41, 5.74) is 9.70. The number of carbonyl (C=O) groups is 1. The molecule has 2 rings (SSSR count). The lowest BCUT2D eigenvalue weighted by Gasteiger charge is -2.05. The highest BCUT2D eigenvalue weighted by Gasteiger charge is 2.16. The molecule has 0 aliphatic carbocycles. The molecule has 0 aliphatic rings. The summed E-state index contributed by atoms with van der Waals surface area (Å²) in [4.78, 5) is 12.0. The molecule has 0 radical (unpaired) electrons. The standard InChI is InChI=1S/C14H22N6O/c1-8(15)5-6-16-14(21)12-7-11(17-18-12)13-9(2)19-20(4)10(13)3/h7-8H,5-6,15H2,1-4H3,(H,16,21)(H,17,18). The molecule has 0 fully saturated rings. The Labute approximate surface area is 123 Å². The number of hydrogen-bond donors (Lipinski definition) is 3. The largest absolute Gasteiger partial charge is 0.351 e. The number of nitrogens with one attached hydrogen (secondary N) is 2. The number of carbonyl (C=O) groups excluding carboxylic acids is 1. The van der Waals surface area contributed by atoms with Crippen molar-refractivity contribution in [3.8, 4) is 11.3 Å². The summed E-state index contributed by atoms with van der Waals surface area (Å²) in [6, 6.07) is 1.82. The van der Waals surface area contributed by atoms with Gasteiger partial charge in [0.15, 0.2) is 0 Å². The summed E-state index contributed by atoms with van der Waals surface area (Å²) < 4.78 is 1.81. The third-order valence-corrected chi connectivity index (χ3v) is 3.47. The Kier molecular flexibility index (Phi) is 4.42. The van der Waals surface area contributed by atoms with Crippen LogP contribution in [0.3, 0.4) is 0 Å². The molecule has 0 bridgehead atoms. The molecule has 0 aliphatic heterocycles. The van der Waals surface area contributed by atoms with E-state index < -0.39 is 0 Å². The van der Waals surface area contributed by atoms with E-state index in [1.807, 2.05) is 32.5 Å². The van der Waals surface area contributed by atoms with Crippen LogP contribution in [0.4, 0.5) is 0 Å². The average molecular weight is 290 g/mol. The minimum absolute atomic E-state index is 0.0725. The number of nitrogens with two attached hydrogens (primary N) is 1. The molecule has 1 amide bonds. The van der Waals surface area contributed by atoms with Crippen LogP contribution in [0.15, 0.2) is 6.07 Å². The highest BCUT2D eigenvalue weighted by molar-refractivity contribution is 5.93. The Bertz CT molecular complexity index is 640. The summed E-state index contributed by atoms with van der Waals surface area (Å²) in [5.74, 6) is -0.173. The van der Waals surface area contributed by atoms with Crippen LogP contribution in [0.25, 0.3) is 11.3 Å². The molecule has 7 nitrogen and oxygen atoms in total. The minimum Gasteiger partial charge on any atom is -0.351 e. The van der Waals surface area contributed by atoms with Gasteiger partial charge in [-0.05, 0) is 33.3 Å². The van der Waals surface area contributed by atoms with Crippen molar-refractivity contribution in [3.63, 3.8) is 0 Å². The Morgan fingerprint density at radius 1 is 1.52 bits per heavy atom. The minimum atomic E-state index is -0.173. The molecule has 0 spiro atoms. The summed E-state index contributed by atoms with van der Waals surface area (Å²) in [5, 5.41) is 14.2. The molecule has 0 aromatic carbocycles. The van der Waals surface area contributed by atoms with E-state index in [4.69, 9.17) is 5.73 Å². The SMILES string of the molecule is Cc1nn(C)c(C)c1-c1cc(C(=O)NCCC(C)N)[nH]n1. The monoisotopic (exact) mass is 290 g/mol. The summed E-state index contributed by atoms with van der Waals surface area (Å²) >= 11 is 0. The normalized spacial score (nSPS) is 12.4. The first-order valence-corrected chi connectivity index (χ1v) is 7.00. The van der Waals surface area contributed by atoms with Crippen LogP contribution < -0.4 is 11.1 Å². The molecule has 2 aromatic rings. The van der Waals surface area contributed by atoms with Gasteiger partial charge in [0.05, 0.1) is 11.4 Å².